The minimum Gasteiger partial charge on any atom is -0.479 e. The number of hydrogen-bond acceptors (Lipinski definition) is 3. The monoisotopic (exact) mass is 161 g/mol. The first kappa shape index (κ1) is 12.7. The first-order valence-corrected chi connectivity index (χ1v) is 2.23. The molecule has 0 aromatic rings. The van der Waals surface area contributed by atoms with Crippen LogP contribution in [0.3, 0.4) is 0 Å². The summed E-state index contributed by atoms with van der Waals surface area (Å²) in [5.74, 6) is 2.28. The Morgan fingerprint density at radius 1 is 1.20 bits per heavy atom. The summed E-state index contributed by atoms with van der Waals surface area (Å²) in [4.78, 5) is 0. The second-order valence-corrected chi connectivity index (χ2v) is 1.55. The normalized spacial score (nSPS) is 7.80. The van der Waals surface area contributed by atoms with Crippen LogP contribution in [0.25, 0.3) is 0 Å². The predicted molar refractivity (Wildman–Crippen MR) is 28.5 cm³/mol. The van der Waals surface area contributed by atoms with Gasteiger partial charge >= 0.3 is 57.8 Å². The van der Waals surface area contributed by atoms with E-state index < -0.39 is 12.7 Å². The quantitative estimate of drug-likeness (QED) is 0.401. The molecule has 0 aliphatic carbocycles. The third-order valence-corrected chi connectivity index (χ3v) is 0.782. The van der Waals surface area contributed by atoms with E-state index in [-0.39, 0.29) is 51.4 Å². The fourth-order valence-corrected chi connectivity index (χ4v) is 0.246. The van der Waals surface area contributed by atoms with Gasteiger partial charge in [0.15, 0.2) is 0 Å². The average Bonchev–Trinajstić information content (AvgIpc) is 1.89. The van der Waals surface area contributed by atoms with Crippen molar-refractivity contribution >= 4 is 6.42 Å². The Labute approximate surface area is 101 Å². The van der Waals surface area contributed by atoms with E-state index in [1.54, 1.807) is 0 Å². The maximum Gasteiger partial charge on any atom is 1.00 e. The van der Waals surface area contributed by atoms with Crippen LogP contribution in [0.15, 0.2) is 0 Å². The van der Waals surface area contributed by atoms with Crippen LogP contribution in [-0.2, 0) is 0 Å². The van der Waals surface area contributed by atoms with Crippen molar-refractivity contribution in [1.82, 2.24) is 0 Å². The Morgan fingerprint density at radius 3 is 1.70 bits per heavy atom. The first-order valence-electron chi connectivity index (χ1n) is 2.23. The molecule has 44 valence electrons. The van der Waals surface area contributed by atoms with Crippen LogP contribution in [0, 0.1) is 33.8 Å². The van der Waals surface area contributed by atoms with Gasteiger partial charge in [-0.15, -0.1) is 0 Å². The maximum atomic E-state index is 12.4. The van der Waals surface area contributed by atoms with Crippen LogP contribution in [0.2, 0.25) is 6.32 Å². The van der Waals surface area contributed by atoms with Crippen molar-refractivity contribution in [3.63, 3.8) is 0 Å². The SMILES string of the molecule is N#CC[B-](F)(C#N)C#N.[K+]. The molecule has 0 saturated carbocycles. The molecule has 10 heavy (non-hydrogen) atoms. The van der Waals surface area contributed by atoms with Crippen molar-refractivity contribution in [3.05, 3.63) is 0 Å². The van der Waals surface area contributed by atoms with Crippen LogP contribution in [0.5, 0.6) is 0 Å². The summed E-state index contributed by atoms with van der Waals surface area (Å²) in [6.45, 7) is 0. The summed E-state index contributed by atoms with van der Waals surface area (Å²) >= 11 is 0. The number of halogens is 1. The largest absolute Gasteiger partial charge is 1.00 e. The maximum absolute atomic E-state index is 12.4. The fourth-order valence-electron chi connectivity index (χ4n) is 0.246. The van der Waals surface area contributed by atoms with Gasteiger partial charge in [0.05, 0.1) is 0 Å². The Morgan fingerprint density at radius 2 is 1.60 bits per heavy atom. The van der Waals surface area contributed by atoms with E-state index in [0.29, 0.717) is 0 Å². The minimum atomic E-state index is -3.22. The fraction of sp³-hybridized carbons (Fsp3) is 0.250. The molecule has 0 spiro atoms. The van der Waals surface area contributed by atoms with Crippen molar-refractivity contribution in [2.45, 2.75) is 6.32 Å². The number of nitriles is 3. The van der Waals surface area contributed by atoms with Gasteiger partial charge in [-0.05, 0) is 6.32 Å². The van der Waals surface area contributed by atoms with E-state index >= 15 is 0 Å². The predicted octanol–water partition coefficient (Wildman–Crippen LogP) is -2.45. The van der Waals surface area contributed by atoms with Gasteiger partial charge in [-0.2, -0.15) is 0 Å². The van der Waals surface area contributed by atoms with Crippen molar-refractivity contribution in [3.8, 4) is 18.0 Å². The molecule has 0 aliphatic rings. The van der Waals surface area contributed by atoms with Crippen LogP contribution >= 0.6 is 0 Å². The topological polar surface area (TPSA) is 71.4 Å². The molecule has 0 amide bonds. The molecular weight excluding hydrogens is 159 g/mol. The van der Waals surface area contributed by atoms with Gasteiger partial charge in [0.25, 0.3) is 0 Å². The molecule has 0 aromatic heterocycles. The van der Waals surface area contributed by atoms with Gasteiger partial charge in [-0.25, -0.2) is 15.8 Å². The van der Waals surface area contributed by atoms with E-state index in [0.717, 1.165) is 11.9 Å². The van der Waals surface area contributed by atoms with E-state index in [4.69, 9.17) is 15.8 Å². The van der Waals surface area contributed by atoms with Gasteiger partial charge in [0, 0.05) is 6.07 Å². The standard InChI is InChI=1S/C4H2BFN3.K/c6-5(3-8,4-9)1-2-7;/h1H2;/q-1;+1. The summed E-state index contributed by atoms with van der Waals surface area (Å²) in [7, 11) is 0. The summed E-state index contributed by atoms with van der Waals surface area (Å²) in [5.41, 5.74) is 0. The second-order valence-electron chi connectivity index (χ2n) is 1.55. The molecule has 0 rings (SSSR count). The second kappa shape index (κ2) is 5.85. The van der Waals surface area contributed by atoms with Crippen molar-refractivity contribution in [1.29, 1.82) is 15.8 Å². The molecule has 3 nitrogen and oxygen atoms in total. The molecule has 0 aliphatic heterocycles. The molecule has 0 heterocycles. The van der Waals surface area contributed by atoms with Gasteiger partial charge in [0.2, 0.25) is 0 Å². The number of hydrogen-bond donors (Lipinski definition) is 0. The van der Waals surface area contributed by atoms with Gasteiger partial charge < -0.3 is 4.32 Å². The summed E-state index contributed by atoms with van der Waals surface area (Å²) in [6, 6.07) is 1.42. The van der Waals surface area contributed by atoms with E-state index in [1.807, 2.05) is 0 Å². The average molecular weight is 161 g/mol. The van der Waals surface area contributed by atoms with Crippen molar-refractivity contribution in [2.24, 2.45) is 0 Å². The van der Waals surface area contributed by atoms with Crippen LogP contribution in [-0.4, -0.2) is 6.42 Å². The molecular formula is C4H2BFKN3. The van der Waals surface area contributed by atoms with Gasteiger partial charge in [0.1, 0.15) is 0 Å². The Hall–Kier alpha value is 0.101. The molecule has 0 aromatic carbocycles. The zero-order valence-electron chi connectivity index (χ0n) is 5.50. The Balaban J connectivity index is 0. The van der Waals surface area contributed by atoms with Crippen LogP contribution in [0.1, 0.15) is 0 Å². The first-order chi connectivity index (χ1) is 4.18. The summed E-state index contributed by atoms with van der Waals surface area (Å²) in [6.07, 6.45) is -3.85. The third kappa shape index (κ3) is 4.00. The minimum absolute atomic E-state index is 0. The molecule has 0 fully saturated rings. The molecule has 0 bridgehead atoms. The van der Waals surface area contributed by atoms with Crippen molar-refractivity contribution < 1.29 is 55.7 Å². The van der Waals surface area contributed by atoms with E-state index in [9.17, 15) is 4.32 Å². The van der Waals surface area contributed by atoms with Gasteiger partial charge in [-0.1, -0.05) is 11.9 Å². The van der Waals surface area contributed by atoms with Gasteiger partial charge in [-0.3, -0.25) is 0 Å². The molecule has 6 heteroatoms. The summed E-state index contributed by atoms with van der Waals surface area (Å²) < 4.78 is 12.4. The smallest absolute Gasteiger partial charge is 0.479 e. The zero-order valence-corrected chi connectivity index (χ0v) is 8.63. The molecule has 0 atom stereocenters. The molecule has 0 radical (unpaired) electrons. The van der Waals surface area contributed by atoms with E-state index in [2.05, 4.69) is 0 Å². The third-order valence-electron chi connectivity index (χ3n) is 0.782. The number of nitrogens with zero attached hydrogens (tertiary/aromatic N) is 3. The zero-order chi connectivity index (χ0) is 7.33. The van der Waals surface area contributed by atoms with Crippen LogP contribution in [0.4, 0.5) is 4.32 Å². The molecule has 0 saturated heterocycles. The van der Waals surface area contributed by atoms with Crippen molar-refractivity contribution in [2.75, 3.05) is 0 Å². The Kier molecular flexibility index (Phi) is 7.46. The molecule has 0 N–H and O–H groups in total. The van der Waals surface area contributed by atoms with E-state index in [1.165, 1.54) is 6.07 Å². The number of rotatable bonds is 1. The van der Waals surface area contributed by atoms with Crippen LogP contribution < -0.4 is 51.4 Å². The summed E-state index contributed by atoms with van der Waals surface area (Å²) in [5, 5.41) is 23.8. The molecule has 0 unspecified atom stereocenters. The Bertz CT molecular complexity index is 208.